The first-order valence-electron chi connectivity index (χ1n) is 15.5. The smallest absolute Gasteiger partial charge is 0.417 e. The Morgan fingerprint density at radius 3 is 2.19 bits per heavy atom. The van der Waals surface area contributed by atoms with E-state index >= 15 is 0 Å². The number of pyridine rings is 1. The average molecular weight is 657 g/mol. The van der Waals surface area contributed by atoms with Crippen LogP contribution in [0.4, 0.5) is 39.5 Å². The number of carbonyl (C=O) groups is 1. The average Bonchev–Trinajstić information content (AvgIpc) is 3.52. The van der Waals surface area contributed by atoms with Crippen LogP contribution < -0.4 is 15.1 Å². The van der Waals surface area contributed by atoms with Crippen LogP contribution in [0.5, 0.6) is 0 Å². The van der Waals surface area contributed by atoms with Gasteiger partial charge in [-0.25, -0.2) is 13.8 Å². The van der Waals surface area contributed by atoms with Crippen molar-refractivity contribution in [2.75, 3.05) is 54.9 Å². The largest absolute Gasteiger partial charge is 0.437 e. The van der Waals surface area contributed by atoms with Gasteiger partial charge in [-0.15, -0.1) is 0 Å². The topological polar surface area (TPSA) is 77.7 Å². The Morgan fingerprint density at radius 2 is 1.66 bits per heavy atom. The Kier molecular flexibility index (Phi) is 10.4. The zero-order valence-corrected chi connectivity index (χ0v) is 26.4. The highest BCUT2D eigenvalue weighted by atomic mass is 19.4. The highest BCUT2D eigenvalue weighted by molar-refractivity contribution is 6.03. The van der Waals surface area contributed by atoms with Gasteiger partial charge in [0.15, 0.2) is 5.69 Å². The number of piperidine rings is 1. The standard InChI is InChI=1S/C34H37F5N6O2/c1-4-44(29(23-7-11-25(35)12-8-23)24-9-13-26(36)14-10-24)19-18-43(3)28-16-15-27(20-40-28)41-32(46)30-31(34(37,38)39)42-33(47-30)45-17-5-6-22(2)21-45/h7-16,20,22,29H,4-6,17-19,21H2,1-3H3,(H,41,46). The minimum Gasteiger partial charge on any atom is -0.417 e. The molecule has 1 saturated heterocycles. The van der Waals surface area contributed by atoms with E-state index in [1.165, 1.54) is 30.5 Å². The predicted octanol–water partition coefficient (Wildman–Crippen LogP) is 7.40. The molecule has 1 unspecified atom stereocenters. The number of halogens is 5. The Hall–Kier alpha value is -4.52. The van der Waals surface area contributed by atoms with Crippen molar-refractivity contribution in [1.82, 2.24) is 14.9 Å². The number of nitrogens with zero attached hydrogens (tertiary/aromatic N) is 5. The molecule has 13 heteroatoms. The van der Waals surface area contributed by atoms with Gasteiger partial charge < -0.3 is 19.5 Å². The summed E-state index contributed by atoms with van der Waals surface area (Å²) in [5.74, 6) is -1.84. The third-order valence-corrected chi connectivity index (χ3v) is 8.28. The van der Waals surface area contributed by atoms with Gasteiger partial charge in [0, 0.05) is 33.2 Å². The van der Waals surface area contributed by atoms with Crippen molar-refractivity contribution < 1.29 is 31.2 Å². The Morgan fingerprint density at radius 1 is 1.02 bits per heavy atom. The predicted molar refractivity (Wildman–Crippen MR) is 169 cm³/mol. The maximum absolute atomic E-state index is 13.8. The van der Waals surface area contributed by atoms with Gasteiger partial charge in [0.25, 0.3) is 11.9 Å². The van der Waals surface area contributed by atoms with Gasteiger partial charge in [0.05, 0.1) is 17.9 Å². The molecule has 0 aliphatic carbocycles. The SMILES string of the molecule is CCN(CCN(C)c1ccc(NC(=O)c2oc(N3CCCC(C)C3)nc2C(F)(F)F)cn1)C(c1ccc(F)cc1)c1ccc(F)cc1. The Labute approximate surface area is 270 Å². The summed E-state index contributed by atoms with van der Waals surface area (Å²) in [6.07, 6.45) is -1.77. The van der Waals surface area contributed by atoms with E-state index < -0.39 is 23.5 Å². The van der Waals surface area contributed by atoms with Crippen LogP contribution in [0.1, 0.15) is 60.1 Å². The molecular weight excluding hydrogens is 619 g/mol. The summed E-state index contributed by atoms with van der Waals surface area (Å²) in [6, 6.07) is 15.2. The number of anilines is 3. The maximum atomic E-state index is 13.8. The second-order valence-electron chi connectivity index (χ2n) is 11.8. The fourth-order valence-electron chi connectivity index (χ4n) is 5.79. The van der Waals surface area contributed by atoms with Gasteiger partial charge in [-0.05, 0) is 72.8 Å². The first-order chi connectivity index (χ1) is 22.4. The number of alkyl halides is 3. The molecule has 1 aliphatic heterocycles. The number of nitrogens with one attached hydrogen (secondary N) is 1. The van der Waals surface area contributed by atoms with Gasteiger partial charge in [-0.2, -0.15) is 18.2 Å². The van der Waals surface area contributed by atoms with Crippen molar-refractivity contribution in [3.63, 3.8) is 0 Å². The molecule has 1 fully saturated rings. The molecular formula is C34H37F5N6O2. The molecule has 8 nitrogen and oxygen atoms in total. The zero-order valence-electron chi connectivity index (χ0n) is 26.4. The summed E-state index contributed by atoms with van der Waals surface area (Å²) >= 11 is 0. The van der Waals surface area contributed by atoms with Gasteiger partial charge >= 0.3 is 6.18 Å². The quantitative estimate of drug-likeness (QED) is 0.169. The lowest BCUT2D eigenvalue weighted by Crippen LogP contribution is -2.36. The molecule has 1 amide bonds. The summed E-state index contributed by atoms with van der Waals surface area (Å²) in [6.45, 7) is 6.73. The molecule has 1 N–H and O–H groups in total. The molecule has 0 saturated carbocycles. The zero-order chi connectivity index (χ0) is 33.7. The summed E-state index contributed by atoms with van der Waals surface area (Å²) in [7, 11) is 1.84. The van der Waals surface area contributed by atoms with E-state index in [9.17, 15) is 26.7 Å². The molecule has 1 aliphatic rings. The number of hydrogen-bond donors (Lipinski definition) is 1. The molecule has 5 rings (SSSR count). The van der Waals surface area contributed by atoms with Crippen LogP contribution in [0.3, 0.4) is 0 Å². The monoisotopic (exact) mass is 656 g/mol. The maximum Gasteiger partial charge on any atom is 0.437 e. The van der Waals surface area contributed by atoms with Crippen LogP contribution in [-0.2, 0) is 6.18 Å². The van der Waals surface area contributed by atoms with Crippen molar-refractivity contribution in [1.29, 1.82) is 0 Å². The number of carbonyl (C=O) groups excluding carboxylic acids is 1. The fraction of sp³-hybridized carbons (Fsp3) is 0.382. The van der Waals surface area contributed by atoms with Crippen molar-refractivity contribution in [3.05, 3.63) is 101 Å². The first-order valence-corrected chi connectivity index (χ1v) is 15.5. The van der Waals surface area contributed by atoms with E-state index in [-0.39, 0.29) is 35.3 Å². The lowest BCUT2D eigenvalue weighted by Gasteiger charge is -2.33. The molecule has 47 heavy (non-hydrogen) atoms. The minimum absolute atomic E-state index is 0.188. The molecule has 2 aromatic heterocycles. The molecule has 3 heterocycles. The molecule has 4 aromatic rings. The number of aromatic nitrogens is 2. The molecule has 0 spiro atoms. The van der Waals surface area contributed by atoms with E-state index in [1.807, 2.05) is 25.8 Å². The van der Waals surface area contributed by atoms with Crippen LogP contribution in [0.25, 0.3) is 0 Å². The summed E-state index contributed by atoms with van der Waals surface area (Å²) in [5, 5.41) is 2.45. The lowest BCUT2D eigenvalue weighted by atomic mass is 9.96. The van der Waals surface area contributed by atoms with Crippen LogP contribution in [0, 0.1) is 17.6 Å². The molecule has 0 radical (unpaired) electrons. The van der Waals surface area contributed by atoms with E-state index in [2.05, 4.69) is 20.2 Å². The number of amides is 1. The minimum atomic E-state index is -4.88. The van der Waals surface area contributed by atoms with Crippen molar-refractivity contribution in [2.24, 2.45) is 5.92 Å². The normalized spacial score (nSPS) is 15.4. The fourth-order valence-corrected chi connectivity index (χ4v) is 5.79. The van der Waals surface area contributed by atoms with Gasteiger partial charge in [0.1, 0.15) is 17.5 Å². The molecule has 1 atom stereocenters. The van der Waals surface area contributed by atoms with Gasteiger partial charge in [0.2, 0.25) is 5.76 Å². The van der Waals surface area contributed by atoms with Crippen LogP contribution in [0.2, 0.25) is 0 Å². The van der Waals surface area contributed by atoms with Crippen LogP contribution >= 0.6 is 0 Å². The summed E-state index contributed by atoms with van der Waals surface area (Å²) in [5.41, 5.74) is 0.540. The summed E-state index contributed by atoms with van der Waals surface area (Å²) in [4.78, 5) is 26.7. The van der Waals surface area contributed by atoms with Crippen LogP contribution in [0.15, 0.2) is 71.3 Å². The van der Waals surface area contributed by atoms with E-state index in [0.29, 0.717) is 38.5 Å². The van der Waals surface area contributed by atoms with Gasteiger partial charge in [-0.1, -0.05) is 38.1 Å². The second kappa shape index (κ2) is 14.5. The number of benzene rings is 2. The molecule has 0 bridgehead atoms. The van der Waals surface area contributed by atoms with Crippen molar-refractivity contribution in [2.45, 2.75) is 38.9 Å². The van der Waals surface area contributed by atoms with Crippen molar-refractivity contribution in [3.8, 4) is 0 Å². The molecule has 2 aromatic carbocycles. The number of hydrogen-bond acceptors (Lipinski definition) is 7. The van der Waals surface area contributed by atoms with Crippen molar-refractivity contribution >= 4 is 23.4 Å². The first kappa shape index (κ1) is 33.8. The van der Waals surface area contributed by atoms with E-state index in [4.69, 9.17) is 4.42 Å². The van der Waals surface area contributed by atoms with Crippen LogP contribution in [-0.4, -0.2) is 60.5 Å². The number of likely N-dealkylation sites (N-methyl/N-ethyl adjacent to an activating group) is 2. The van der Waals surface area contributed by atoms with E-state index in [0.717, 1.165) is 24.0 Å². The summed E-state index contributed by atoms with van der Waals surface area (Å²) < 4.78 is 74.2. The third-order valence-electron chi connectivity index (χ3n) is 8.28. The highest BCUT2D eigenvalue weighted by Gasteiger charge is 2.42. The van der Waals surface area contributed by atoms with E-state index in [1.54, 1.807) is 41.3 Å². The molecule has 250 valence electrons. The third kappa shape index (κ3) is 8.26. The second-order valence-corrected chi connectivity index (χ2v) is 11.8. The van der Waals surface area contributed by atoms with Gasteiger partial charge in [-0.3, -0.25) is 9.69 Å². The Bertz CT molecular complexity index is 1580. The number of oxazole rings is 1. The number of rotatable bonds is 11. The lowest BCUT2D eigenvalue weighted by molar-refractivity contribution is -0.141. The highest BCUT2D eigenvalue weighted by Crippen LogP contribution is 2.35. The Balaban J connectivity index is 1.26.